The van der Waals surface area contributed by atoms with Gasteiger partial charge in [0.2, 0.25) is 5.95 Å². The van der Waals surface area contributed by atoms with Gasteiger partial charge in [0.25, 0.3) is 11.8 Å². The van der Waals surface area contributed by atoms with Crippen molar-refractivity contribution in [2.24, 2.45) is 0 Å². The van der Waals surface area contributed by atoms with Gasteiger partial charge in [-0.3, -0.25) is 9.59 Å². The van der Waals surface area contributed by atoms with Crippen LogP contribution in [0.3, 0.4) is 0 Å². The Balaban J connectivity index is 1.28. The number of nitrogens with one attached hydrogen (secondary N) is 3. The van der Waals surface area contributed by atoms with Gasteiger partial charge in [0, 0.05) is 35.6 Å². The number of halogens is 7. The van der Waals surface area contributed by atoms with Gasteiger partial charge in [-0.15, -0.1) is 5.10 Å². The minimum atomic E-state index is -4.78. The largest absolute Gasteiger partial charge is 0.483 e. The molecule has 0 radical (unpaired) electrons. The van der Waals surface area contributed by atoms with E-state index in [0.29, 0.717) is 16.8 Å². The monoisotopic (exact) mass is 660 g/mol. The number of pyridine rings is 1. The summed E-state index contributed by atoms with van der Waals surface area (Å²) in [4.78, 5) is 29.1. The second-order valence-corrected chi connectivity index (χ2v) is 10.1. The summed E-state index contributed by atoms with van der Waals surface area (Å²) in [6, 6.07) is 19.2. The van der Waals surface area contributed by atoms with E-state index in [1.807, 2.05) is 0 Å². The van der Waals surface area contributed by atoms with Crippen molar-refractivity contribution in [3.05, 3.63) is 108 Å². The van der Waals surface area contributed by atoms with Crippen LogP contribution in [0, 0.1) is 5.82 Å². The van der Waals surface area contributed by atoms with Crippen LogP contribution < -0.4 is 20.7 Å². The number of rotatable bonds is 10. The topological polar surface area (TPSA) is 110 Å². The third-order valence-electron chi connectivity index (χ3n) is 6.50. The van der Waals surface area contributed by atoms with Gasteiger partial charge in [-0.2, -0.15) is 31.3 Å². The highest BCUT2D eigenvalue weighted by atomic mass is 19.4. The molecule has 0 aliphatic carbocycles. The highest BCUT2D eigenvalue weighted by Gasteiger charge is 2.31. The van der Waals surface area contributed by atoms with Crippen LogP contribution in [0.15, 0.2) is 85.1 Å². The number of alkyl halides is 6. The van der Waals surface area contributed by atoms with Crippen LogP contribution in [-0.2, 0) is 6.54 Å². The van der Waals surface area contributed by atoms with Crippen LogP contribution in [-0.4, -0.2) is 51.9 Å². The standard InChI is InChI=1S/C31H23F7N6O3/c32-22-8-1-18(2-9-22)14-39-27(45)20-5-3-19(4-6-20)21-7-12-26-42-29(43-44(26)15-21)41-23-10-11-24(28(46)40-16-30(33,34)35)25(13-23)47-17-31(36,37)38/h1-13,15H,14,16-17H2,(H,39,45)(H,40,46)(H,41,43). The lowest BCUT2D eigenvalue weighted by Gasteiger charge is -2.15. The van der Waals surface area contributed by atoms with Crippen molar-refractivity contribution < 1.29 is 45.1 Å². The molecular weight excluding hydrogens is 637 g/mol. The highest BCUT2D eigenvalue weighted by molar-refractivity contribution is 5.97. The van der Waals surface area contributed by atoms with E-state index in [9.17, 15) is 40.3 Å². The Morgan fingerprint density at radius 3 is 2.17 bits per heavy atom. The van der Waals surface area contributed by atoms with Crippen molar-refractivity contribution in [2.75, 3.05) is 18.5 Å². The van der Waals surface area contributed by atoms with Crippen molar-refractivity contribution in [1.82, 2.24) is 25.2 Å². The quantitative estimate of drug-likeness (QED) is 0.149. The summed E-state index contributed by atoms with van der Waals surface area (Å²) in [6.45, 7) is -3.24. The molecule has 16 heteroatoms. The zero-order chi connectivity index (χ0) is 33.8. The summed E-state index contributed by atoms with van der Waals surface area (Å²) < 4.78 is 95.3. The fourth-order valence-electron chi connectivity index (χ4n) is 4.28. The Morgan fingerprint density at radius 2 is 1.49 bits per heavy atom. The second-order valence-electron chi connectivity index (χ2n) is 10.1. The number of aromatic nitrogens is 3. The van der Waals surface area contributed by atoms with Gasteiger partial charge in [-0.1, -0.05) is 24.3 Å². The van der Waals surface area contributed by atoms with Gasteiger partial charge in [0.1, 0.15) is 18.1 Å². The summed E-state index contributed by atoms with van der Waals surface area (Å²) in [7, 11) is 0. The summed E-state index contributed by atoms with van der Waals surface area (Å²) >= 11 is 0. The molecule has 2 amide bonds. The lowest BCUT2D eigenvalue weighted by atomic mass is 10.1. The molecule has 0 bridgehead atoms. The maximum Gasteiger partial charge on any atom is 0.422 e. The Morgan fingerprint density at radius 1 is 0.787 bits per heavy atom. The third-order valence-corrected chi connectivity index (χ3v) is 6.50. The molecule has 5 rings (SSSR count). The molecular formula is C31H23F7N6O3. The molecule has 0 unspecified atom stereocenters. The zero-order valence-electron chi connectivity index (χ0n) is 23.9. The molecule has 0 atom stereocenters. The summed E-state index contributed by atoms with van der Waals surface area (Å²) in [5.41, 5.74) is 2.57. The molecule has 3 N–H and O–H groups in total. The number of fused-ring (bicyclic) bond motifs is 1. The Bertz CT molecular complexity index is 1890. The number of benzene rings is 3. The van der Waals surface area contributed by atoms with Crippen LogP contribution in [0.2, 0.25) is 0 Å². The van der Waals surface area contributed by atoms with Crippen molar-refractivity contribution in [1.29, 1.82) is 0 Å². The van der Waals surface area contributed by atoms with E-state index < -0.39 is 42.7 Å². The first-order valence-electron chi connectivity index (χ1n) is 13.7. The fourth-order valence-corrected chi connectivity index (χ4v) is 4.28. The van der Waals surface area contributed by atoms with Crippen molar-refractivity contribution in [2.45, 2.75) is 18.9 Å². The molecule has 244 valence electrons. The van der Waals surface area contributed by atoms with E-state index in [1.54, 1.807) is 60.0 Å². The van der Waals surface area contributed by atoms with Crippen LogP contribution in [0.25, 0.3) is 16.8 Å². The molecule has 0 aliphatic rings. The van der Waals surface area contributed by atoms with Crippen molar-refractivity contribution in [3.63, 3.8) is 0 Å². The molecule has 2 aromatic heterocycles. The first-order valence-corrected chi connectivity index (χ1v) is 13.7. The predicted octanol–water partition coefficient (Wildman–Crippen LogP) is 6.44. The smallest absolute Gasteiger partial charge is 0.422 e. The Kier molecular flexibility index (Phi) is 9.30. The van der Waals surface area contributed by atoms with Gasteiger partial charge < -0.3 is 20.7 Å². The van der Waals surface area contributed by atoms with Crippen molar-refractivity contribution >= 4 is 29.1 Å². The summed E-state index contributed by atoms with van der Waals surface area (Å²) in [6.07, 6.45) is -7.85. The maximum atomic E-state index is 13.1. The molecule has 47 heavy (non-hydrogen) atoms. The Labute approximate surface area is 261 Å². The SMILES string of the molecule is O=C(NCc1ccc(F)cc1)c1ccc(-c2ccc3nc(Nc4ccc(C(=O)NCC(F)(F)F)c(OCC(F)(F)F)c4)nn3c2)cc1. The lowest BCUT2D eigenvalue weighted by molar-refractivity contribution is -0.153. The molecule has 0 aliphatic heterocycles. The van der Waals surface area contributed by atoms with Gasteiger partial charge >= 0.3 is 12.4 Å². The number of carbonyl (C=O) groups is 2. The third kappa shape index (κ3) is 8.96. The van der Waals surface area contributed by atoms with E-state index >= 15 is 0 Å². The molecule has 5 aromatic rings. The molecule has 3 aromatic carbocycles. The number of nitrogens with zero attached hydrogens (tertiary/aromatic N) is 3. The number of anilines is 2. The lowest BCUT2D eigenvalue weighted by Crippen LogP contribution is -2.34. The van der Waals surface area contributed by atoms with Gasteiger partial charge in [0.15, 0.2) is 12.3 Å². The second kappa shape index (κ2) is 13.4. The first-order chi connectivity index (χ1) is 22.2. The van der Waals surface area contributed by atoms with E-state index in [2.05, 4.69) is 20.7 Å². The van der Waals surface area contributed by atoms with E-state index in [4.69, 9.17) is 4.74 Å². The molecule has 0 fully saturated rings. The maximum absolute atomic E-state index is 13.1. The van der Waals surface area contributed by atoms with Gasteiger partial charge in [-0.05, 0) is 59.7 Å². The first kappa shape index (κ1) is 32.7. The molecule has 0 spiro atoms. The predicted molar refractivity (Wildman–Crippen MR) is 156 cm³/mol. The number of amides is 2. The van der Waals surface area contributed by atoms with E-state index in [-0.39, 0.29) is 29.9 Å². The molecule has 2 heterocycles. The number of hydrogen-bond acceptors (Lipinski definition) is 6. The van der Waals surface area contributed by atoms with Crippen LogP contribution >= 0.6 is 0 Å². The van der Waals surface area contributed by atoms with Crippen molar-refractivity contribution in [3.8, 4) is 16.9 Å². The van der Waals surface area contributed by atoms with E-state index in [1.165, 1.54) is 22.7 Å². The minimum Gasteiger partial charge on any atom is -0.483 e. The number of ether oxygens (including phenoxy) is 1. The fraction of sp³-hybridized carbons (Fsp3) is 0.161. The Hall–Kier alpha value is -5.67. The number of carbonyl (C=O) groups excluding carboxylic acids is 2. The van der Waals surface area contributed by atoms with Crippen LogP contribution in [0.4, 0.5) is 42.4 Å². The minimum absolute atomic E-state index is 0.0198. The normalized spacial score (nSPS) is 11.7. The molecule has 9 nitrogen and oxygen atoms in total. The van der Waals surface area contributed by atoms with E-state index in [0.717, 1.165) is 23.3 Å². The molecule has 0 saturated carbocycles. The summed E-state index contributed by atoms with van der Waals surface area (Å²) in [5.74, 6) is -2.55. The highest BCUT2D eigenvalue weighted by Crippen LogP contribution is 2.28. The summed E-state index contributed by atoms with van der Waals surface area (Å²) in [5, 5.41) is 11.5. The van der Waals surface area contributed by atoms with Crippen LogP contribution in [0.1, 0.15) is 26.3 Å². The number of hydrogen-bond donors (Lipinski definition) is 3. The zero-order valence-corrected chi connectivity index (χ0v) is 23.9. The van der Waals surface area contributed by atoms with Crippen LogP contribution in [0.5, 0.6) is 5.75 Å². The average Bonchev–Trinajstić information content (AvgIpc) is 3.43. The van der Waals surface area contributed by atoms with Gasteiger partial charge in [-0.25, -0.2) is 8.91 Å². The average molecular weight is 661 g/mol. The van der Waals surface area contributed by atoms with Gasteiger partial charge in [0.05, 0.1) is 5.56 Å². The molecule has 0 saturated heterocycles.